The molecule has 0 atom stereocenters. The van der Waals surface area contributed by atoms with Gasteiger partial charge in [-0.1, -0.05) is 188 Å². The molecule has 248 valence electrons. The van der Waals surface area contributed by atoms with E-state index in [9.17, 15) is 5.48 Å². The highest BCUT2D eigenvalue weighted by atomic mass is 15.1. The number of benzene rings is 10. The topological polar surface area (TPSA) is 3.24 Å². The molecule has 10 aromatic rings. The van der Waals surface area contributed by atoms with E-state index in [4.69, 9.17) is 0 Å². The van der Waals surface area contributed by atoms with Gasteiger partial charge in [-0.2, -0.15) is 0 Å². The second-order valence-corrected chi connectivity index (χ2v) is 13.3. The fourth-order valence-corrected chi connectivity index (χ4v) is 7.97. The zero-order valence-electron chi connectivity index (χ0n) is 32.8. The minimum Gasteiger partial charge on any atom is -0.309 e. The van der Waals surface area contributed by atoms with Gasteiger partial charge in [0, 0.05) is 16.6 Å². The third kappa shape index (κ3) is 5.25. The molecule has 0 heterocycles. The number of rotatable bonds is 6. The minimum atomic E-state index is -0.123. The molecule has 10 aromatic carbocycles. The van der Waals surface area contributed by atoms with E-state index >= 15 is 0 Å². The first-order valence-corrected chi connectivity index (χ1v) is 18.0. The number of hydrogen-bond donors (Lipinski definition) is 0. The molecule has 0 saturated heterocycles. The third-order valence-electron chi connectivity index (χ3n) is 10.3. The molecule has 0 unspecified atom stereocenters. The van der Waals surface area contributed by atoms with E-state index in [0.29, 0.717) is 5.56 Å². The maximum Gasteiger partial charge on any atom is 0.0645 e. The van der Waals surface area contributed by atoms with Crippen LogP contribution in [0.3, 0.4) is 0 Å². The van der Waals surface area contributed by atoms with Crippen LogP contribution in [0.1, 0.15) is 5.48 Å². The highest BCUT2D eigenvalue weighted by molar-refractivity contribution is 6.22. The summed E-state index contributed by atoms with van der Waals surface area (Å²) >= 11 is 0. The fraction of sp³-hybridized carbons (Fsp3) is 0. The largest absolute Gasteiger partial charge is 0.309 e. The van der Waals surface area contributed by atoms with Crippen molar-refractivity contribution in [2.75, 3.05) is 4.90 Å². The SMILES string of the molecule is [2H]c1c([2H])c(N(c2ccccc2-c2ccccc2)c2cc3ccccc3c3ccccc23)c([2H])c([2H])c1-c1c(-c2ccccc2)c2ccccc2c2ccccc12. The van der Waals surface area contributed by atoms with Crippen LogP contribution < -0.4 is 4.90 Å². The average Bonchev–Trinajstić information content (AvgIpc) is 3.27. The number of fused-ring (bicyclic) bond motifs is 6. The summed E-state index contributed by atoms with van der Waals surface area (Å²) in [5.74, 6) is 0. The van der Waals surface area contributed by atoms with Gasteiger partial charge in [-0.25, -0.2) is 0 Å². The Morgan fingerprint density at radius 2 is 0.774 bits per heavy atom. The Hall–Kier alpha value is -6.96. The van der Waals surface area contributed by atoms with Crippen LogP contribution in [0.25, 0.3) is 76.5 Å². The average molecular weight is 678 g/mol. The van der Waals surface area contributed by atoms with Crippen LogP contribution in [0.2, 0.25) is 0 Å². The van der Waals surface area contributed by atoms with Crippen LogP contribution in [-0.4, -0.2) is 0 Å². The van der Waals surface area contributed by atoms with Crippen LogP contribution in [0.15, 0.2) is 212 Å². The molecule has 0 N–H and O–H groups in total. The first-order valence-electron chi connectivity index (χ1n) is 20.0. The van der Waals surface area contributed by atoms with Crippen molar-refractivity contribution >= 4 is 60.2 Å². The molecule has 0 aliphatic carbocycles. The van der Waals surface area contributed by atoms with Crippen LogP contribution in [0, 0.1) is 0 Å². The van der Waals surface area contributed by atoms with Gasteiger partial charge in [0.15, 0.2) is 0 Å². The number of para-hydroxylation sites is 1. The summed E-state index contributed by atoms with van der Waals surface area (Å²) in [5, 5.41) is 7.99. The summed E-state index contributed by atoms with van der Waals surface area (Å²) in [6.45, 7) is 0. The van der Waals surface area contributed by atoms with E-state index in [1.165, 1.54) is 0 Å². The number of nitrogens with zero attached hydrogens (tertiary/aromatic N) is 1. The lowest BCUT2D eigenvalue weighted by molar-refractivity contribution is 1.30. The minimum absolute atomic E-state index is 0.101. The first kappa shape index (κ1) is 26.8. The molecule has 0 spiro atoms. The van der Waals surface area contributed by atoms with E-state index < -0.39 is 0 Å². The maximum absolute atomic E-state index is 10.0. The molecule has 0 aliphatic rings. The van der Waals surface area contributed by atoms with Gasteiger partial charge >= 0.3 is 0 Å². The summed E-state index contributed by atoms with van der Waals surface area (Å²) in [7, 11) is 0. The van der Waals surface area contributed by atoms with Crippen molar-refractivity contribution in [1.29, 1.82) is 0 Å². The molecule has 1 heteroatoms. The van der Waals surface area contributed by atoms with Gasteiger partial charge < -0.3 is 4.90 Å². The zero-order valence-corrected chi connectivity index (χ0v) is 28.8. The third-order valence-corrected chi connectivity index (χ3v) is 10.3. The lowest BCUT2D eigenvalue weighted by atomic mass is 9.85. The van der Waals surface area contributed by atoms with Crippen LogP contribution in [0.5, 0.6) is 0 Å². The molecule has 0 aliphatic heterocycles. The van der Waals surface area contributed by atoms with Gasteiger partial charge in [0.25, 0.3) is 0 Å². The van der Waals surface area contributed by atoms with Gasteiger partial charge in [-0.15, -0.1) is 0 Å². The molecule has 10 rings (SSSR count). The zero-order chi connectivity index (χ0) is 38.6. The Labute approximate surface area is 315 Å². The van der Waals surface area contributed by atoms with E-state index in [1.807, 2.05) is 114 Å². The molecule has 0 aromatic heterocycles. The number of anilines is 3. The first-order chi connectivity index (χ1) is 28.0. The fourth-order valence-electron chi connectivity index (χ4n) is 7.97. The van der Waals surface area contributed by atoms with Crippen molar-refractivity contribution < 1.29 is 5.48 Å². The van der Waals surface area contributed by atoms with Crippen molar-refractivity contribution in [3.63, 3.8) is 0 Å². The summed E-state index contributed by atoms with van der Waals surface area (Å²) in [5.41, 5.74) is 6.36. The Bertz CT molecular complexity index is 3150. The Kier molecular flexibility index (Phi) is 6.56. The van der Waals surface area contributed by atoms with E-state index in [-0.39, 0.29) is 35.4 Å². The van der Waals surface area contributed by atoms with Crippen molar-refractivity contribution in [2.24, 2.45) is 0 Å². The normalized spacial score (nSPS) is 12.5. The van der Waals surface area contributed by atoms with E-state index in [2.05, 4.69) is 78.9 Å². The molecule has 1 nitrogen and oxygen atoms in total. The summed E-state index contributed by atoms with van der Waals surface area (Å²) < 4.78 is 40.0. The predicted molar refractivity (Wildman–Crippen MR) is 227 cm³/mol. The van der Waals surface area contributed by atoms with E-state index in [1.54, 1.807) is 0 Å². The monoisotopic (exact) mass is 677 g/mol. The van der Waals surface area contributed by atoms with Crippen molar-refractivity contribution in [1.82, 2.24) is 0 Å². The highest BCUT2D eigenvalue weighted by Crippen LogP contribution is 2.48. The predicted octanol–water partition coefficient (Wildman–Crippen LogP) is 14.8. The molecule has 0 bridgehead atoms. The van der Waals surface area contributed by atoms with Gasteiger partial charge in [-0.3, -0.25) is 0 Å². The maximum atomic E-state index is 10.0. The van der Waals surface area contributed by atoms with Crippen LogP contribution >= 0.6 is 0 Å². The summed E-state index contributed by atoms with van der Waals surface area (Å²) in [4.78, 5) is 1.96. The molecule has 0 fully saturated rings. The quantitative estimate of drug-likeness (QED) is 0.158. The van der Waals surface area contributed by atoms with Crippen molar-refractivity contribution in [3.8, 4) is 33.4 Å². The molecular weight excluding hydrogens is 639 g/mol. The van der Waals surface area contributed by atoms with Gasteiger partial charge in [0.1, 0.15) is 0 Å². The van der Waals surface area contributed by atoms with Crippen LogP contribution in [0.4, 0.5) is 17.1 Å². The Morgan fingerprint density at radius 1 is 0.321 bits per heavy atom. The molecule has 0 amide bonds. The van der Waals surface area contributed by atoms with Crippen LogP contribution in [-0.2, 0) is 0 Å². The summed E-state index contributed by atoms with van der Waals surface area (Å²) in [6, 6.07) is 62.7. The smallest absolute Gasteiger partial charge is 0.0645 e. The molecular formula is C52H35N. The standard InChI is InChI=1S/C52H35N/c1-3-17-36(18-4-1)42-23-15-16-30-49(42)53(50-35-39-21-7-8-22-41(39)43-24-9-12-27-46(43)50)40-33-31-38(32-34-40)52-48-29-14-11-26-45(48)44-25-10-13-28-47(44)51(52)37-19-5-2-6-20-37/h1-35H/i31D,32D,33D,34D. The lowest BCUT2D eigenvalue weighted by Gasteiger charge is -2.30. The number of hydrogen-bond acceptors (Lipinski definition) is 1. The molecule has 0 saturated carbocycles. The Balaban J connectivity index is 1.34. The second kappa shape index (κ2) is 13.0. The summed E-state index contributed by atoms with van der Waals surface area (Å²) in [6.07, 6.45) is 0. The van der Waals surface area contributed by atoms with E-state index in [0.717, 1.165) is 76.7 Å². The molecule has 53 heavy (non-hydrogen) atoms. The Morgan fingerprint density at radius 3 is 1.42 bits per heavy atom. The lowest BCUT2D eigenvalue weighted by Crippen LogP contribution is -2.12. The second-order valence-electron chi connectivity index (χ2n) is 13.3. The van der Waals surface area contributed by atoms with Crippen molar-refractivity contribution in [3.05, 3.63) is 212 Å². The van der Waals surface area contributed by atoms with Crippen molar-refractivity contribution in [2.45, 2.75) is 0 Å². The van der Waals surface area contributed by atoms with Gasteiger partial charge in [0.2, 0.25) is 0 Å². The molecule has 0 radical (unpaired) electrons. The van der Waals surface area contributed by atoms with Gasteiger partial charge in [0.05, 0.1) is 16.9 Å². The highest BCUT2D eigenvalue weighted by Gasteiger charge is 2.22. The van der Waals surface area contributed by atoms with Gasteiger partial charge in [-0.05, 0) is 89.7 Å².